The summed E-state index contributed by atoms with van der Waals surface area (Å²) in [5, 5.41) is 9.07. The topological polar surface area (TPSA) is 81.8 Å². The Bertz CT molecular complexity index is 513. The zero-order valence-electron chi connectivity index (χ0n) is 12.1. The van der Waals surface area contributed by atoms with Gasteiger partial charge in [0.25, 0.3) is 0 Å². The van der Waals surface area contributed by atoms with Gasteiger partial charge in [0.05, 0.1) is 13.5 Å². The summed E-state index contributed by atoms with van der Waals surface area (Å²) in [6.45, 7) is 3.82. The van der Waals surface area contributed by atoms with Gasteiger partial charge in [0.1, 0.15) is 17.6 Å². The molecule has 0 radical (unpaired) electrons. The fraction of sp³-hybridized carbons (Fsp3) is 0.533. The molecule has 0 bridgehead atoms. The summed E-state index contributed by atoms with van der Waals surface area (Å²) < 4.78 is 11.2. The molecule has 1 aliphatic rings. The number of hydrogen-bond acceptors (Lipinski definition) is 4. The SMILES string of the molecule is COc1cc2c(cc1C(CC(=O)O)C(C)N)OC(C)C2. The molecule has 0 aromatic heterocycles. The van der Waals surface area contributed by atoms with Crippen LogP contribution >= 0.6 is 0 Å². The average molecular weight is 279 g/mol. The van der Waals surface area contributed by atoms with E-state index in [1.807, 2.05) is 26.0 Å². The van der Waals surface area contributed by atoms with Crippen molar-refractivity contribution in [2.24, 2.45) is 5.73 Å². The third-order valence-corrected chi connectivity index (χ3v) is 3.68. The second-order valence-electron chi connectivity index (χ2n) is 5.40. The molecule has 0 aliphatic carbocycles. The monoisotopic (exact) mass is 279 g/mol. The maximum absolute atomic E-state index is 11.0. The van der Waals surface area contributed by atoms with Crippen molar-refractivity contribution in [3.8, 4) is 11.5 Å². The van der Waals surface area contributed by atoms with E-state index in [1.54, 1.807) is 7.11 Å². The molecule has 20 heavy (non-hydrogen) atoms. The minimum atomic E-state index is -0.871. The number of carbonyl (C=O) groups is 1. The number of nitrogens with two attached hydrogens (primary N) is 1. The zero-order chi connectivity index (χ0) is 14.9. The van der Waals surface area contributed by atoms with Crippen LogP contribution in [0.3, 0.4) is 0 Å². The molecular weight excluding hydrogens is 258 g/mol. The molecule has 0 saturated carbocycles. The Labute approximate surface area is 118 Å². The van der Waals surface area contributed by atoms with E-state index in [-0.39, 0.29) is 24.5 Å². The van der Waals surface area contributed by atoms with Crippen LogP contribution in [0.4, 0.5) is 0 Å². The minimum Gasteiger partial charge on any atom is -0.496 e. The number of benzene rings is 1. The molecule has 0 amide bonds. The lowest BCUT2D eigenvalue weighted by Gasteiger charge is -2.22. The van der Waals surface area contributed by atoms with Crippen molar-refractivity contribution < 1.29 is 19.4 Å². The largest absolute Gasteiger partial charge is 0.496 e. The fourth-order valence-corrected chi connectivity index (χ4v) is 2.69. The number of rotatable bonds is 5. The van der Waals surface area contributed by atoms with E-state index >= 15 is 0 Å². The highest BCUT2D eigenvalue weighted by Gasteiger charge is 2.27. The Morgan fingerprint density at radius 3 is 2.85 bits per heavy atom. The molecule has 1 aromatic carbocycles. The van der Waals surface area contributed by atoms with Crippen LogP contribution in [0, 0.1) is 0 Å². The van der Waals surface area contributed by atoms with Gasteiger partial charge < -0.3 is 20.3 Å². The number of fused-ring (bicyclic) bond motifs is 1. The molecule has 2 rings (SSSR count). The zero-order valence-corrected chi connectivity index (χ0v) is 12.1. The summed E-state index contributed by atoms with van der Waals surface area (Å²) in [4.78, 5) is 11.0. The van der Waals surface area contributed by atoms with Crippen molar-refractivity contribution in [2.75, 3.05) is 7.11 Å². The molecule has 5 nitrogen and oxygen atoms in total. The average Bonchev–Trinajstić information content (AvgIpc) is 2.72. The summed E-state index contributed by atoms with van der Waals surface area (Å²) in [6.07, 6.45) is 0.953. The predicted octanol–water partition coefficient (Wildman–Crippen LogP) is 1.92. The Hall–Kier alpha value is -1.75. The van der Waals surface area contributed by atoms with Gasteiger partial charge >= 0.3 is 5.97 Å². The van der Waals surface area contributed by atoms with Crippen LogP contribution in [0.25, 0.3) is 0 Å². The molecule has 3 N–H and O–H groups in total. The predicted molar refractivity (Wildman–Crippen MR) is 75.4 cm³/mol. The van der Waals surface area contributed by atoms with Crippen molar-refractivity contribution in [1.29, 1.82) is 0 Å². The highest BCUT2D eigenvalue weighted by molar-refractivity contribution is 5.69. The van der Waals surface area contributed by atoms with Gasteiger partial charge in [-0.15, -0.1) is 0 Å². The van der Waals surface area contributed by atoms with Gasteiger partial charge in [-0.3, -0.25) is 4.79 Å². The van der Waals surface area contributed by atoms with Crippen LogP contribution in [0.5, 0.6) is 11.5 Å². The molecule has 0 saturated heterocycles. The Morgan fingerprint density at radius 1 is 1.60 bits per heavy atom. The number of carboxylic acids is 1. The molecule has 0 fully saturated rings. The third-order valence-electron chi connectivity index (χ3n) is 3.68. The standard InChI is InChI=1S/C15H21NO4/c1-8-4-10-5-14(19-3)12(6-13(10)20-8)11(9(2)16)7-15(17)18/h5-6,8-9,11H,4,7,16H2,1-3H3,(H,17,18). The number of aliphatic carboxylic acids is 1. The molecule has 110 valence electrons. The molecule has 1 aromatic rings. The smallest absolute Gasteiger partial charge is 0.304 e. The number of hydrogen-bond donors (Lipinski definition) is 2. The highest BCUT2D eigenvalue weighted by Crippen LogP contribution is 2.39. The van der Waals surface area contributed by atoms with E-state index in [2.05, 4.69) is 0 Å². The summed E-state index contributed by atoms with van der Waals surface area (Å²) in [5.41, 5.74) is 7.85. The Balaban J connectivity index is 2.43. The van der Waals surface area contributed by atoms with E-state index in [0.717, 1.165) is 23.3 Å². The summed E-state index contributed by atoms with van der Waals surface area (Å²) >= 11 is 0. The summed E-state index contributed by atoms with van der Waals surface area (Å²) in [6, 6.07) is 3.54. The van der Waals surface area contributed by atoms with Crippen LogP contribution < -0.4 is 15.2 Å². The van der Waals surface area contributed by atoms with Gasteiger partial charge in [0.15, 0.2) is 0 Å². The van der Waals surface area contributed by atoms with E-state index < -0.39 is 5.97 Å². The van der Waals surface area contributed by atoms with Crippen LogP contribution in [-0.4, -0.2) is 30.3 Å². The van der Waals surface area contributed by atoms with Crippen molar-refractivity contribution in [1.82, 2.24) is 0 Å². The van der Waals surface area contributed by atoms with Crippen molar-refractivity contribution >= 4 is 5.97 Å². The number of methoxy groups -OCH3 is 1. The van der Waals surface area contributed by atoms with Crippen LogP contribution in [-0.2, 0) is 11.2 Å². The summed E-state index contributed by atoms with van der Waals surface area (Å²) in [7, 11) is 1.59. The van der Waals surface area contributed by atoms with E-state index in [0.29, 0.717) is 5.75 Å². The number of ether oxygens (including phenoxy) is 2. The minimum absolute atomic E-state index is 0.0254. The quantitative estimate of drug-likeness (QED) is 0.860. The maximum atomic E-state index is 11.0. The molecule has 0 spiro atoms. The molecule has 5 heteroatoms. The van der Waals surface area contributed by atoms with Crippen molar-refractivity contribution in [3.05, 3.63) is 23.3 Å². The molecule has 3 unspecified atom stereocenters. The van der Waals surface area contributed by atoms with Crippen molar-refractivity contribution in [2.45, 2.75) is 44.8 Å². The first-order chi connectivity index (χ1) is 9.42. The lowest BCUT2D eigenvalue weighted by Crippen LogP contribution is -2.27. The van der Waals surface area contributed by atoms with Crippen molar-refractivity contribution in [3.63, 3.8) is 0 Å². The Morgan fingerprint density at radius 2 is 2.30 bits per heavy atom. The van der Waals surface area contributed by atoms with Gasteiger partial charge in [0, 0.05) is 29.5 Å². The van der Waals surface area contributed by atoms with Gasteiger partial charge in [-0.05, 0) is 26.0 Å². The van der Waals surface area contributed by atoms with Crippen LogP contribution in [0.15, 0.2) is 12.1 Å². The fourth-order valence-electron chi connectivity index (χ4n) is 2.69. The van der Waals surface area contributed by atoms with E-state index in [4.69, 9.17) is 20.3 Å². The lowest BCUT2D eigenvalue weighted by atomic mass is 9.88. The van der Waals surface area contributed by atoms with Crippen LogP contribution in [0.1, 0.15) is 37.3 Å². The third kappa shape index (κ3) is 2.88. The highest BCUT2D eigenvalue weighted by atomic mass is 16.5. The Kier molecular flexibility index (Phi) is 4.18. The molecule has 1 aliphatic heterocycles. The number of carboxylic acid groups (broad SMARTS) is 1. The van der Waals surface area contributed by atoms with Gasteiger partial charge in [-0.1, -0.05) is 0 Å². The lowest BCUT2D eigenvalue weighted by molar-refractivity contribution is -0.137. The second-order valence-corrected chi connectivity index (χ2v) is 5.40. The summed E-state index contributed by atoms with van der Waals surface area (Å²) in [5.74, 6) is 0.325. The van der Waals surface area contributed by atoms with Gasteiger partial charge in [0.2, 0.25) is 0 Å². The van der Waals surface area contributed by atoms with E-state index in [1.165, 1.54) is 0 Å². The first-order valence-corrected chi connectivity index (χ1v) is 6.77. The normalized spacial score (nSPS) is 19.9. The van der Waals surface area contributed by atoms with Gasteiger partial charge in [-0.25, -0.2) is 0 Å². The van der Waals surface area contributed by atoms with E-state index in [9.17, 15) is 4.79 Å². The second kappa shape index (κ2) is 5.71. The molecule has 1 heterocycles. The van der Waals surface area contributed by atoms with Crippen LogP contribution in [0.2, 0.25) is 0 Å². The van der Waals surface area contributed by atoms with Gasteiger partial charge in [-0.2, -0.15) is 0 Å². The maximum Gasteiger partial charge on any atom is 0.304 e. The first-order valence-electron chi connectivity index (χ1n) is 6.77. The molecule has 3 atom stereocenters. The first kappa shape index (κ1) is 14.7. The molecular formula is C15H21NO4.